The summed E-state index contributed by atoms with van der Waals surface area (Å²) in [6.45, 7) is 4.10. The number of aryl methyl sites for hydroxylation is 2. The summed E-state index contributed by atoms with van der Waals surface area (Å²) in [5.74, 6) is 0.371. The predicted octanol–water partition coefficient (Wildman–Crippen LogP) is 2.02. The van der Waals surface area contributed by atoms with E-state index in [9.17, 15) is 4.39 Å². The van der Waals surface area contributed by atoms with E-state index in [4.69, 9.17) is 4.52 Å². The molecule has 0 bridgehead atoms. The van der Waals surface area contributed by atoms with Gasteiger partial charge in [-0.2, -0.15) is 0 Å². The van der Waals surface area contributed by atoms with Crippen LogP contribution in [0.1, 0.15) is 17.0 Å². The zero-order chi connectivity index (χ0) is 14.8. The van der Waals surface area contributed by atoms with Crippen molar-refractivity contribution in [3.05, 3.63) is 47.4 Å². The van der Waals surface area contributed by atoms with E-state index in [-0.39, 0.29) is 5.82 Å². The van der Waals surface area contributed by atoms with Gasteiger partial charge in [0, 0.05) is 12.1 Å². The van der Waals surface area contributed by atoms with Crippen molar-refractivity contribution >= 4 is 5.69 Å². The number of anilines is 1. The molecular weight excluding hydrogens is 275 g/mol. The van der Waals surface area contributed by atoms with Crippen LogP contribution in [0.3, 0.4) is 0 Å². The van der Waals surface area contributed by atoms with Gasteiger partial charge in [0.05, 0.1) is 17.1 Å². The molecule has 3 aromatic rings. The second-order valence-electron chi connectivity index (χ2n) is 4.57. The smallest absolute Gasteiger partial charge is 0.146 e. The molecule has 0 fully saturated rings. The minimum Gasteiger partial charge on any atom is -0.378 e. The highest BCUT2D eigenvalue weighted by molar-refractivity contribution is 5.52. The molecule has 3 rings (SSSR count). The number of halogens is 1. The molecule has 0 aliphatic carbocycles. The monoisotopic (exact) mass is 288 g/mol. The van der Waals surface area contributed by atoms with Gasteiger partial charge < -0.3 is 9.84 Å². The van der Waals surface area contributed by atoms with E-state index in [1.165, 1.54) is 17.1 Å². The van der Waals surface area contributed by atoms with Gasteiger partial charge in [-0.1, -0.05) is 5.16 Å². The van der Waals surface area contributed by atoms with Gasteiger partial charge in [0.2, 0.25) is 0 Å². The van der Waals surface area contributed by atoms with Gasteiger partial charge in [-0.25, -0.2) is 9.07 Å². The van der Waals surface area contributed by atoms with Crippen molar-refractivity contribution in [2.24, 2.45) is 0 Å². The number of nitrogens with zero attached hydrogens (tertiary/aromatic N) is 5. The number of nitrogens with one attached hydrogen (secondary N) is 1. The molecule has 1 aromatic carbocycles. The quantitative estimate of drug-likeness (QED) is 0.791. The maximum absolute atomic E-state index is 13.9. The van der Waals surface area contributed by atoms with E-state index in [1.54, 1.807) is 12.1 Å². The summed E-state index contributed by atoms with van der Waals surface area (Å²) in [7, 11) is 0. The van der Waals surface area contributed by atoms with Crippen molar-refractivity contribution in [2.45, 2.75) is 20.4 Å². The number of rotatable bonds is 4. The average Bonchev–Trinajstić information content (AvgIpc) is 3.10. The fourth-order valence-corrected chi connectivity index (χ4v) is 2.01. The molecule has 0 aliphatic rings. The summed E-state index contributed by atoms with van der Waals surface area (Å²) in [6, 6.07) is 4.61. The van der Waals surface area contributed by atoms with Crippen LogP contribution < -0.4 is 5.32 Å². The van der Waals surface area contributed by atoms with Crippen molar-refractivity contribution < 1.29 is 8.91 Å². The van der Waals surface area contributed by atoms with E-state index in [2.05, 4.69) is 26.0 Å². The Balaban J connectivity index is 1.84. The fraction of sp³-hybridized carbons (Fsp3) is 0.231. The molecule has 0 atom stereocenters. The highest BCUT2D eigenvalue weighted by Gasteiger charge is 2.11. The highest BCUT2D eigenvalue weighted by Crippen LogP contribution is 2.20. The van der Waals surface area contributed by atoms with Crippen molar-refractivity contribution in [3.63, 3.8) is 0 Å². The summed E-state index contributed by atoms with van der Waals surface area (Å²) in [5, 5.41) is 17.8. The lowest BCUT2D eigenvalue weighted by molar-refractivity contribution is 0.392. The fourth-order valence-electron chi connectivity index (χ4n) is 2.01. The molecule has 1 N–H and O–H groups in total. The normalized spacial score (nSPS) is 10.8. The number of benzene rings is 1. The summed E-state index contributed by atoms with van der Waals surface area (Å²) in [4.78, 5) is 0. The Morgan fingerprint density at radius 2 is 2.19 bits per heavy atom. The molecule has 108 valence electrons. The van der Waals surface area contributed by atoms with Crippen molar-refractivity contribution in [1.82, 2.24) is 25.4 Å². The molecule has 7 nitrogen and oxygen atoms in total. The zero-order valence-corrected chi connectivity index (χ0v) is 11.5. The van der Waals surface area contributed by atoms with Crippen molar-refractivity contribution in [1.29, 1.82) is 0 Å². The highest BCUT2D eigenvalue weighted by atomic mass is 19.1. The first-order valence-electron chi connectivity index (χ1n) is 6.33. The molecule has 0 saturated carbocycles. The van der Waals surface area contributed by atoms with Crippen LogP contribution in [0.15, 0.2) is 29.0 Å². The Kier molecular flexibility index (Phi) is 3.35. The Bertz CT molecular complexity index is 733. The minimum absolute atomic E-state index is 0.349. The SMILES string of the molecule is Cc1noc(C)c1CNc1cc(-n2cnnn2)ccc1F. The minimum atomic E-state index is -0.349. The lowest BCUT2D eigenvalue weighted by Crippen LogP contribution is -2.05. The van der Waals surface area contributed by atoms with Gasteiger partial charge in [-0.3, -0.25) is 0 Å². The number of hydrogen-bond acceptors (Lipinski definition) is 6. The molecule has 0 amide bonds. The molecule has 0 unspecified atom stereocenters. The molecular formula is C13H13FN6O. The van der Waals surface area contributed by atoms with E-state index >= 15 is 0 Å². The van der Waals surface area contributed by atoms with Gasteiger partial charge in [0.25, 0.3) is 0 Å². The molecule has 0 saturated heterocycles. The van der Waals surface area contributed by atoms with Crippen LogP contribution in [0.5, 0.6) is 0 Å². The molecule has 0 aliphatic heterocycles. The third kappa shape index (κ3) is 2.60. The van der Waals surface area contributed by atoms with Crippen LogP contribution in [0.4, 0.5) is 10.1 Å². The van der Waals surface area contributed by atoms with E-state index in [0.29, 0.717) is 17.9 Å². The van der Waals surface area contributed by atoms with Gasteiger partial charge in [-0.05, 0) is 42.5 Å². The maximum atomic E-state index is 13.9. The first-order chi connectivity index (χ1) is 10.1. The first-order valence-corrected chi connectivity index (χ1v) is 6.33. The Morgan fingerprint density at radius 1 is 1.33 bits per heavy atom. The summed E-state index contributed by atoms with van der Waals surface area (Å²) >= 11 is 0. The Morgan fingerprint density at radius 3 is 2.86 bits per heavy atom. The third-order valence-corrected chi connectivity index (χ3v) is 3.20. The summed E-state index contributed by atoms with van der Waals surface area (Å²) in [6.07, 6.45) is 1.45. The summed E-state index contributed by atoms with van der Waals surface area (Å²) < 4.78 is 20.4. The second kappa shape index (κ2) is 5.31. The average molecular weight is 288 g/mol. The van der Waals surface area contributed by atoms with Gasteiger partial charge >= 0.3 is 0 Å². The van der Waals surface area contributed by atoms with Crippen LogP contribution >= 0.6 is 0 Å². The summed E-state index contributed by atoms with van der Waals surface area (Å²) in [5.41, 5.74) is 2.74. The zero-order valence-electron chi connectivity index (χ0n) is 11.5. The molecule has 2 heterocycles. The largest absolute Gasteiger partial charge is 0.378 e. The predicted molar refractivity (Wildman–Crippen MR) is 72.4 cm³/mol. The number of hydrogen-bond donors (Lipinski definition) is 1. The third-order valence-electron chi connectivity index (χ3n) is 3.20. The molecule has 2 aromatic heterocycles. The molecule has 0 spiro atoms. The topological polar surface area (TPSA) is 81.7 Å². The van der Waals surface area contributed by atoms with Crippen LogP contribution in [0, 0.1) is 19.7 Å². The van der Waals surface area contributed by atoms with Crippen molar-refractivity contribution in [3.8, 4) is 5.69 Å². The molecule has 21 heavy (non-hydrogen) atoms. The van der Waals surface area contributed by atoms with Crippen LogP contribution in [-0.2, 0) is 6.54 Å². The van der Waals surface area contributed by atoms with E-state index in [1.807, 2.05) is 13.8 Å². The van der Waals surface area contributed by atoms with Crippen LogP contribution in [0.2, 0.25) is 0 Å². The lowest BCUT2D eigenvalue weighted by atomic mass is 10.2. The molecule has 0 radical (unpaired) electrons. The van der Waals surface area contributed by atoms with E-state index in [0.717, 1.165) is 17.0 Å². The first kappa shape index (κ1) is 13.2. The Hall–Kier alpha value is -2.77. The van der Waals surface area contributed by atoms with Gasteiger partial charge in [-0.15, -0.1) is 5.10 Å². The maximum Gasteiger partial charge on any atom is 0.146 e. The second-order valence-corrected chi connectivity index (χ2v) is 4.57. The Labute approximate surface area is 119 Å². The number of tetrazole rings is 1. The lowest BCUT2D eigenvalue weighted by Gasteiger charge is -2.09. The molecule has 8 heteroatoms. The standard InChI is InChI=1S/C13H13FN6O/c1-8-11(9(2)21-17-8)6-15-13-5-10(3-4-12(13)14)20-7-16-18-19-20/h3-5,7,15H,6H2,1-2H3. The number of aromatic nitrogens is 5. The van der Waals surface area contributed by atoms with Crippen molar-refractivity contribution in [2.75, 3.05) is 5.32 Å². The van der Waals surface area contributed by atoms with Crippen LogP contribution in [-0.4, -0.2) is 25.4 Å². The van der Waals surface area contributed by atoms with Crippen LogP contribution in [0.25, 0.3) is 5.69 Å². The van der Waals surface area contributed by atoms with E-state index < -0.39 is 0 Å². The van der Waals surface area contributed by atoms with Gasteiger partial charge in [0.15, 0.2) is 0 Å². The van der Waals surface area contributed by atoms with Gasteiger partial charge in [0.1, 0.15) is 17.9 Å².